The van der Waals surface area contributed by atoms with Gasteiger partial charge in [0.1, 0.15) is 6.04 Å². The van der Waals surface area contributed by atoms with Gasteiger partial charge in [0.2, 0.25) is 0 Å². The number of nitrogens with zero attached hydrogens (tertiary/aromatic N) is 2. The van der Waals surface area contributed by atoms with E-state index in [0.29, 0.717) is 25.1 Å². The monoisotopic (exact) mass is 319 g/mol. The van der Waals surface area contributed by atoms with Crippen LogP contribution in [0.15, 0.2) is 0 Å². The summed E-state index contributed by atoms with van der Waals surface area (Å²) in [5.41, 5.74) is 0. The molecular formula is C13H25N3O4S. The highest BCUT2D eigenvalue weighted by molar-refractivity contribution is 7.98. The van der Waals surface area contributed by atoms with E-state index in [1.807, 2.05) is 25.3 Å². The summed E-state index contributed by atoms with van der Waals surface area (Å²) < 4.78 is 0. The normalized spacial score (nSPS) is 23.4. The largest absolute Gasteiger partial charge is 0.480 e. The van der Waals surface area contributed by atoms with E-state index in [9.17, 15) is 14.7 Å². The number of β-amino-alcohol motifs (C(OH)–C–C–N with tert-alkyl or cyclic N) is 1. The SMILES string of the molecule is CSCC[C@@H](NC(=O)N1CC(O)CC1CN(C)C)C(=O)O. The van der Waals surface area contributed by atoms with E-state index in [2.05, 4.69) is 5.32 Å². The van der Waals surface area contributed by atoms with Gasteiger partial charge < -0.3 is 25.3 Å². The Balaban J connectivity index is 2.64. The lowest BCUT2D eigenvalue weighted by atomic mass is 10.2. The van der Waals surface area contributed by atoms with Crippen LogP contribution in [-0.4, -0.2) is 89.4 Å². The molecular weight excluding hydrogens is 294 g/mol. The maximum Gasteiger partial charge on any atom is 0.326 e. The Kier molecular flexibility index (Phi) is 7.27. The van der Waals surface area contributed by atoms with Crippen molar-refractivity contribution < 1.29 is 19.8 Å². The number of carbonyl (C=O) groups excluding carboxylic acids is 1. The fraction of sp³-hybridized carbons (Fsp3) is 0.846. The van der Waals surface area contributed by atoms with Crippen LogP contribution in [0, 0.1) is 0 Å². The third-order valence-electron chi connectivity index (χ3n) is 3.44. The van der Waals surface area contributed by atoms with Crippen LogP contribution in [0.3, 0.4) is 0 Å². The summed E-state index contributed by atoms with van der Waals surface area (Å²) in [7, 11) is 3.80. The first kappa shape index (κ1) is 18.1. The molecule has 2 amide bonds. The Morgan fingerprint density at radius 1 is 1.48 bits per heavy atom. The van der Waals surface area contributed by atoms with Crippen molar-refractivity contribution in [3.05, 3.63) is 0 Å². The summed E-state index contributed by atoms with van der Waals surface area (Å²) in [6.07, 6.45) is 2.26. The highest BCUT2D eigenvalue weighted by Crippen LogP contribution is 2.18. The fourth-order valence-electron chi connectivity index (χ4n) is 2.46. The number of aliphatic hydroxyl groups excluding tert-OH is 1. The molecule has 21 heavy (non-hydrogen) atoms. The zero-order valence-electron chi connectivity index (χ0n) is 12.8. The van der Waals surface area contributed by atoms with Gasteiger partial charge >= 0.3 is 12.0 Å². The second kappa shape index (κ2) is 8.45. The third-order valence-corrected chi connectivity index (χ3v) is 4.08. The number of carbonyl (C=O) groups is 2. The third kappa shape index (κ3) is 5.72. The van der Waals surface area contributed by atoms with Gasteiger partial charge in [-0.2, -0.15) is 11.8 Å². The van der Waals surface area contributed by atoms with Crippen molar-refractivity contribution in [2.24, 2.45) is 0 Å². The smallest absolute Gasteiger partial charge is 0.326 e. The number of urea groups is 1. The van der Waals surface area contributed by atoms with Crippen molar-refractivity contribution >= 4 is 23.8 Å². The van der Waals surface area contributed by atoms with Crippen LogP contribution in [0.4, 0.5) is 4.79 Å². The van der Waals surface area contributed by atoms with Crippen molar-refractivity contribution in [1.29, 1.82) is 0 Å². The Bertz CT molecular complexity index is 367. The first-order chi connectivity index (χ1) is 9.85. The van der Waals surface area contributed by atoms with Crippen LogP contribution in [0.5, 0.6) is 0 Å². The molecule has 0 aromatic carbocycles. The van der Waals surface area contributed by atoms with Crippen molar-refractivity contribution in [1.82, 2.24) is 15.1 Å². The molecule has 7 nitrogen and oxygen atoms in total. The van der Waals surface area contributed by atoms with Crippen molar-refractivity contribution in [2.45, 2.75) is 31.0 Å². The maximum absolute atomic E-state index is 12.3. The van der Waals surface area contributed by atoms with E-state index in [4.69, 9.17) is 5.11 Å². The quantitative estimate of drug-likeness (QED) is 0.607. The molecule has 0 aromatic rings. The molecule has 8 heteroatoms. The van der Waals surface area contributed by atoms with Crippen LogP contribution < -0.4 is 5.32 Å². The molecule has 1 saturated heterocycles. The molecule has 3 atom stereocenters. The molecule has 1 rings (SSSR count). The number of aliphatic hydroxyl groups is 1. The number of hydrogen-bond acceptors (Lipinski definition) is 5. The van der Waals surface area contributed by atoms with Gasteiger partial charge in [-0.05, 0) is 38.9 Å². The maximum atomic E-state index is 12.3. The number of hydrogen-bond donors (Lipinski definition) is 3. The van der Waals surface area contributed by atoms with Crippen LogP contribution >= 0.6 is 11.8 Å². The van der Waals surface area contributed by atoms with E-state index >= 15 is 0 Å². The zero-order valence-corrected chi connectivity index (χ0v) is 13.6. The summed E-state index contributed by atoms with van der Waals surface area (Å²) in [5, 5.41) is 21.5. The number of amides is 2. The second-order valence-corrected chi connectivity index (χ2v) is 6.57. The number of thioether (sulfide) groups is 1. The molecule has 0 spiro atoms. The number of carboxylic acids is 1. The summed E-state index contributed by atoms with van der Waals surface area (Å²) in [6.45, 7) is 0.895. The first-order valence-electron chi connectivity index (χ1n) is 6.96. The second-order valence-electron chi connectivity index (χ2n) is 5.58. The lowest BCUT2D eigenvalue weighted by molar-refractivity contribution is -0.139. The highest BCUT2D eigenvalue weighted by Gasteiger charge is 2.35. The van der Waals surface area contributed by atoms with E-state index in [1.165, 1.54) is 0 Å². The first-order valence-corrected chi connectivity index (χ1v) is 8.36. The Labute approximate surface area is 129 Å². The average Bonchev–Trinajstić information content (AvgIpc) is 2.73. The van der Waals surface area contributed by atoms with Gasteiger partial charge in [-0.15, -0.1) is 0 Å². The number of rotatable bonds is 7. The van der Waals surface area contributed by atoms with Gasteiger partial charge in [-0.1, -0.05) is 0 Å². The lowest BCUT2D eigenvalue weighted by Gasteiger charge is -2.28. The molecule has 1 aliphatic heterocycles. The molecule has 0 aromatic heterocycles. The molecule has 2 unspecified atom stereocenters. The summed E-state index contributed by atoms with van der Waals surface area (Å²) >= 11 is 1.54. The van der Waals surface area contributed by atoms with Gasteiger partial charge in [0.25, 0.3) is 0 Å². The molecule has 0 bridgehead atoms. The van der Waals surface area contributed by atoms with Crippen molar-refractivity contribution in [3.8, 4) is 0 Å². The number of likely N-dealkylation sites (tertiary alicyclic amines) is 1. The number of aliphatic carboxylic acids is 1. The molecule has 0 saturated carbocycles. The topological polar surface area (TPSA) is 93.1 Å². The molecule has 122 valence electrons. The number of likely N-dealkylation sites (N-methyl/N-ethyl adjacent to an activating group) is 1. The zero-order chi connectivity index (χ0) is 16.0. The molecule has 3 N–H and O–H groups in total. The minimum absolute atomic E-state index is 0.0926. The molecule has 1 aliphatic rings. The Morgan fingerprint density at radius 3 is 2.67 bits per heavy atom. The predicted octanol–water partition coefficient (Wildman–Crippen LogP) is -0.101. The van der Waals surface area contributed by atoms with Gasteiger partial charge in [0.05, 0.1) is 6.10 Å². The van der Waals surface area contributed by atoms with Crippen LogP contribution in [0.2, 0.25) is 0 Å². The van der Waals surface area contributed by atoms with Gasteiger partial charge in [0, 0.05) is 19.1 Å². The van der Waals surface area contributed by atoms with Gasteiger partial charge in [-0.3, -0.25) is 0 Å². The summed E-state index contributed by atoms with van der Waals surface area (Å²) in [5.74, 6) is -0.359. The Morgan fingerprint density at radius 2 is 2.14 bits per heavy atom. The van der Waals surface area contributed by atoms with Gasteiger partial charge in [0.15, 0.2) is 0 Å². The molecule has 1 fully saturated rings. The van der Waals surface area contributed by atoms with Gasteiger partial charge in [-0.25, -0.2) is 9.59 Å². The summed E-state index contributed by atoms with van der Waals surface area (Å²) in [6, 6.07) is -1.39. The fourth-order valence-corrected chi connectivity index (χ4v) is 2.93. The average molecular weight is 319 g/mol. The minimum atomic E-state index is -1.03. The van der Waals surface area contributed by atoms with Crippen molar-refractivity contribution in [3.63, 3.8) is 0 Å². The Hall–Kier alpha value is -0.990. The van der Waals surface area contributed by atoms with Crippen molar-refractivity contribution in [2.75, 3.05) is 39.2 Å². The standard InChI is InChI=1S/C13H25N3O4S/c1-15(2)7-9-6-10(17)8-16(9)13(20)14-11(12(18)19)4-5-21-3/h9-11,17H,4-8H2,1-3H3,(H,14,20)(H,18,19)/t9?,10?,11-/m1/s1. The van der Waals surface area contributed by atoms with Crippen LogP contribution in [-0.2, 0) is 4.79 Å². The molecule has 0 aliphatic carbocycles. The highest BCUT2D eigenvalue weighted by atomic mass is 32.2. The van der Waals surface area contributed by atoms with E-state index in [-0.39, 0.29) is 12.6 Å². The van der Waals surface area contributed by atoms with Crippen LogP contribution in [0.25, 0.3) is 0 Å². The number of nitrogens with one attached hydrogen (secondary N) is 1. The van der Waals surface area contributed by atoms with E-state index in [1.54, 1.807) is 16.7 Å². The molecule has 0 radical (unpaired) electrons. The lowest BCUT2D eigenvalue weighted by Crippen LogP contribution is -2.51. The predicted molar refractivity (Wildman–Crippen MR) is 82.6 cm³/mol. The van der Waals surface area contributed by atoms with E-state index < -0.39 is 24.1 Å². The molecule has 1 heterocycles. The van der Waals surface area contributed by atoms with Crippen LogP contribution in [0.1, 0.15) is 12.8 Å². The summed E-state index contributed by atoms with van der Waals surface area (Å²) in [4.78, 5) is 26.9. The minimum Gasteiger partial charge on any atom is -0.480 e. The number of carboxylic acid groups (broad SMARTS) is 1. The van der Waals surface area contributed by atoms with E-state index in [0.717, 1.165) is 0 Å².